The van der Waals surface area contributed by atoms with Crippen LogP contribution in [-0.4, -0.2) is 63.1 Å². The smallest absolute Gasteiger partial charge is 0.111 e. The van der Waals surface area contributed by atoms with Crippen LogP contribution in [0.25, 0.3) is 0 Å². The number of aliphatic hydroxyl groups excluding tert-OH is 5. The summed E-state index contributed by atoms with van der Waals surface area (Å²) in [6, 6.07) is 7.13. The van der Waals surface area contributed by atoms with Crippen LogP contribution in [0.5, 0.6) is 0 Å². The van der Waals surface area contributed by atoms with Crippen molar-refractivity contribution in [3.8, 4) is 0 Å². The standard InChI is InChI=1S/C13H20ClNO5/c14-9-3-1-8(2-4-9)5-15-6-10(17)12(19)13(20)11(18)7-16/h1-4,10-13,15-20H,5-7H2/t10-,11+,12+,13+/m0/s1. The fourth-order valence-electron chi connectivity index (χ4n) is 1.65. The molecule has 0 radical (unpaired) electrons. The number of hydrogen-bond donors (Lipinski definition) is 6. The highest BCUT2D eigenvalue weighted by atomic mass is 35.5. The highest BCUT2D eigenvalue weighted by Gasteiger charge is 2.29. The second-order valence-electron chi connectivity index (χ2n) is 4.56. The molecular formula is C13H20ClNO5. The van der Waals surface area contributed by atoms with Crippen molar-refractivity contribution < 1.29 is 25.5 Å². The molecule has 1 rings (SSSR count). The molecule has 0 spiro atoms. The SMILES string of the molecule is OC[C@@H](O)[C@@H](O)[C@H](O)[C@@H](O)CNCc1ccc(Cl)cc1. The van der Waals surface area contributed by atoms with Gasteiger partial charge in [-0.1, -0.05) is 23.7 Å². The Morgan fingerprint density at radius 2 is 1.50 bits per heavy atom. The minimum atomic E-state index is -1.60. The molecule has 4 atom stereocenters. The number of halogens is 1. The molecule has 0 heterocycles. The maximum atomic E-state index is 9.67. The van der Waals surface area contributed by atoms with Crippen molar-refractivity contribution in [1.29, 1.82) is 0 Å². The van der Waals surface area contributed by atoms with E-state index in [1.54, 1.807) is 12.1 Å². The maximum Gasteiger partial charge on any atom is 0.111 e. The van der Waals surface area contributed by atoms with Crippen LogP contribution in [-0.2, 0) is 6.54 Å². The first-order valence-electron chi connectivity index (χ1n) is 6.24. The number of benzene rings is 1. The minimum Gasteiger partial charge on any atom is -0.394 e. The molecule has 0 aliphatic heterocycles. The molecular weight excluding hydrogens is 286 g/mol. The molecule has 0 fully saturated rings. The summed E-state index contributed by atoms with van der Waals surface area (Å²) in [5.74, 6) is 0. The predicted octanol–water partition coefficient (Wildman–Crippen LogP) is -1.13. The van der Waals surface area contributed by atoms with E-state index in [4.69, 9.17) is 16.7 Å². The van der Waals surface area contributed by atoms with Gasteiger partial charge in [-0.25, -0.2) is 0 Å². The molecule has 6 N–H and O–H groups in total. The van der Waals surface area contributed by atoms with Crippen LogP contribution >= 0.6 is 11.6 Å². The molecule has 7 heteroatoms. The summed E-state index contributed by atoms with van der Waals surface area (Å²) >= 11 is 5.75. The van der Waals surface area contributed by atoms with Crippen molar-refractivity contribution in [3.63, 3.8) is 0 Å². The zero-order chi connectivity index (χ0) is 15.1. The van der Waals surface area contributed by atoms with Gasteiger partial charge in [0, 0.05) is 18.1 Å². The van der Waals surface area contributed by atoms with Crippen LogP contribution in [0.1, 0.15) is 5.56 Å². The van der Waals surface area contributed by atoms with Gasteiger partial charge >= 0.3 is 0 Å². The second kappa shape index (κ2) is 8.53. The lowest BCUT2D eigenvalue weighted by Gasteiger charge is -2.25. The molecule has 0 saturated heterocycles. The van der Waals surface area contributed by atoms with Crippen molar-refractivity contribution in [2.45, 2.75) is 31.0 Å². The summed E-state index contributed by atoms with van der Waals surface area (Å²) in [5.41, 5.74) is 0.951. The Balaban J connectivity index is 2.35. The van der Waals surface area contributed by atoms with Crippen molar-refractivity contribution in [1.82, 2.24) is 5.32 Å². The van der Waals surface area contributed by atoms with E-state index >= 15 is 0 Å². The third-order valence-corrected chi connectivity index (χ3v) is 3.17. The molecule has 20 heavy (non-hydrogen) atoms. The Morgan fingerprint density at radius 3 is 2.05 bits per heavy atom. The predicted molar refractivity (Wildman–Crippen MR) is 74.3 cm³/mol. The zero-order valence-electron chi connectivity index (χ0n) is 10.9. The first-order valence-corrected chi connectivity index (χ1v) is 6.61. The van der Waals surface area contributed by atoms with Gasteiger partial charge in [-0.2, -0.15) is 0 Å². The van der Waals surface area contributed by atoms with Gasteiger partial charge in [-0.05, 0) is 17.7 Å². The van der Waals surface area contributed by atoms with Crippen LogP contribution < -0.4 is 5.32 Å². The number of rotatable bonds is 8. The van der Waals surface area contributed by atoms with Gasteiger partial charge < -0.3 is 30.8 Å². The molecule has 0 aromatic heterocycles. The van der Waals surface area contributed by atoms with Gasteiger partial charge in [0.2, 0.25) is 0 Å². The van der Waals surface area contributed by atoms with Crippen molar-refractivity contribution in [3.05, 3.63) is 34.9 Å². The van der Waals surface area contributed by atoms with Crippen molar-refractivity contribution in [2.75, 3.05) is 13.2 Å². The fraction of sp³-hybridized carbons (Fsp3) is 0.538. The summed E-state index contributed by atoms with van der Waals surface area (Å²) in [7, 11) is 0. The Hall–Kier alpha value is -0.730. The first kappa shape index (κ1) is 17.3. The van der Waals surface area contributed by atoms with Crippen LogP contribution in [0.2, 0.25) is 5.02 Å². The van der Waals surface area contributed by atoms with Crippen LogP contribution in [0, 0.1) is 0 Å². The summed E-state index contributed by atoms with van der Waals surface area (Å²) in [5, 5.41) is 50.1. The molecule has 6 nitrogen and oxygen atoms in total. The van der Waals surface area contributed by atoms with Gasteiger partial charge in [-0.15, -0.1) is 0 Å². The lowest BCUT2D eigenvalue weighted by Crippen LogP contribution is -2.48. The van der Waals surface area contributed by atoms with E-state index in [0.29, 0.717) is 11.6 Å². The lowest BCUT2D eigenvalue weighted by atomic mass is 10.0. The Bertz CT molecular complexity index is 389. The number of aliphatic hydroxyl groups is 5. The van der Waals surface area contributed by atoms with E-state index in [-0.39, 0.29) is 6.54 Å². The molecule has 0 saturated carbocycles. The maximum absolute atomic E-state index is 9.67. The van der Waals surface area contributed by atoms with E-state index in [0.717, 1.165) is 5.56 Å². The van der Waals surface area contributed by atoms with Crippen LogP contribution in [0.3, 0.4) is 0 Å². The van der Waals surface area contributed by atoms with Gasteiger partial charge in [-0.3, -0.25) is 0 Å². The van der Waals surface area contributed by atoms with E-state index < -0.39 is 31.0 Å². The van der Waals surface area contributed by atoms with Gasteiger partial charge in [0.1, 0.15) is 18.3 Å². The molecule has 0 unspecified atom stereocenters. The molecule has 0 aliphatic carbocycles. The normalized spacial score (nSPS) is 17.5. The average Bonchev–Trinajstić information content (AvgIpc) is 2.46. The number of hydrogen-bond acceptors (Lipinski definition) is 6. The molecule has 1 aromatic rings. The highest BCUT2D eigenvalue weighted by molar-refractivity contribution is 6.30. The van der Waals surface area contributed by atoms with E-state index in [9.17, 15) is 20.4 Å². The zero-order valence-corrected chi connectivity index (χ0v) is 11.6. The number of nitrogens with one attached hydrogen (secondary N) is 1. The van der Waals surface area contributed by atoms with Gasteiger partial charge in [0.15, 0.2) is 0 Å². The summed E-state index contributed by atoms with van der Waals surface area (Å²) < 4.78 is 0. The minimum absolute atomic E-state index is 0.0268. The summed E-state index contributed by atoms with van der Waals surface area (Å²) in [4.78, 5) is 0. The molecule has 0 bridgehead atoms. The highest BCUT2D eigenvalue weighted by Crippen LogP contribution is 2.09. The van der Waals surface area contributed by atoms with Crippen LogP contribution in [0.4, 0.5) is 0 Å². The van der Waals surface area contributed by atoms with Gasteiger partial charge in [0.25, 0.3) is 0 Å². The molecule has 0 amide bonds. The molecule has 0 aliphatic rings. The Kier molecular flexibility index (Phi) is 7.39. The third kappa shape index (κ3) is 5.34. The van der Waals surface area contributed by atoms with E-state index in [1.807, 2.05) is 12.1 Å². The summed E-state index contributed by atoms with van der Waals surface area (Å²) in [6.45, 7) is -0.207. The third-order valence-electron chi connectivity index (χ3n) is 2.92. The fourth-order valence-corrected chi connectivity index (χ4v) is 1.78. The lowest BCUT2D eigenvalue weighted by molar-refractivity contribution is -0.114. The molecule has 114 valence electrons. The largest absolute Gasteiger partial charge is 0.394 e. The quantitative estimate of drug-likeness (QED) is 0.362. The Morgan fingerprint density at radius 1 is 0.950 bits per heavy atom. The monoisotopic (exact) mass is 305 g/mol. The van der Waals surface area contributed by atoms with Crippen LogP contribution in [0.15, 0.2) is 24.3 Å². The Labute approximate surface area is 122 Å². The van der Waals surface area contributed by atoms with E-state index in [1.165, 1.54) is 0 Å². The van der Waals surface area contributed by atoms with Gasteiger partial charge in [0.05, 0.1) is 12.7 Å². The topological polar surface area (TPSA) is 113 Å². The average molecular weight is 306 g/mol. The van der Waals surface area contributed by atoms with Crippen molar-refractivity contribution in [2.24, 2.45) is 0 Å². The molecule has 1 aromatic carbocycles. The first-order chi connectivity index (χ1) is 9.45. The van der Waals surface area contributed by atoms with Crippen molar-refractivity contribution >= 4 is 11.6 Å². The summed E-state index contributed by atoms with van der Waals surface area (Å²) in [6.07, 6.45) is -5.91. The van der Waals surface area contributed by atoms with E-state index in [2.05, 4.69) is 5.32 Å². The second-order valence-corrected chi connectivity index (χ2v) is 4.99.